The fraction of sp³-hybridized carbons (Fsp3) is 0.333. The van der Waals surface area contributed by atoms with Gasteiger partial charge in [0.05, 0.1) is 17.4 Å². The first-order valence-corrected chi connectivity index (χ1v) is 9.49. The lowest BCUT2D eigenvalue weighted by Crippen LogP contribution is -2.49. The molecule has 1 aliphatic heterocycles. The summed E-state index contributed by atoms with van der Waals surface area (Å²) in [7, 11) is 0. The molecule has 8 nitrogen and oxygen atoms in total. The zero-order valence-corrected chi connectivity index (χ0v) is 16.4. The molecule has 0 atom stereocenters. The molecular weight excluding hydrogens is 372 g/mol. The zero-order chi connectivity index (χ0) is 20.5. The number of aryl methyl sites for hydroxylation is 2. The Kier molecular flexibility index (Phi) is 4.92. The number of phenolic OH excluding ortho intramolecular Hbond substituents is 1. The molecule has 2 aromatic heterocycles. The average molecular weight is 394 g/mol. The van der Waals surface area contributed by atoms with Crippen LogP contribution < -0.4 is 10.5 Å². The highest BCUT2D eigenvalue weighted by Gasteiger charge is 2.25. The first kappa shape index (κ1) is 18.9. The predicted molar refractivity (Wildman–Crippen MR) is 108 cm³/mol. The van der Waals surface area contributed by atoms with Gasteiger partial charge in [-0.3, -0.25) is 4.79 Å². The van der Waals surface area contributed by atoms with Crippen LogP contribution in [0.2, 0.25) is 0 Å². The molecule has 0 spiro atoms. The number of fused-ring (bicyclic) bond motifs is 1. The van der Waals surface area contributed by atoms with Gasteiger partial charge in [0.15, 0.2) is 0 Å². The second kappa shape index (κ2) is 7.54. The van der Waals surface area contributed by atoms with Crippen molar-refractivity contribution in [2.45, 2.75) is 20.3 Å². The molecule has 0 unspecified atom stereocenters. The summed E-state index contributed by atoms with van der Waals surface area (Å²) in [6.07, 6.45) is 3.33. The van der Waals surface area contributed by atoms with Crippen LogP contribution in [0.15, 0.2) is 39.8 Å². The molecule has 1 amide bonds. The van der Waals surface area contributed by atoms with E-state index in [1.807, 2.05) is 11.8 Å². The standard InChI is InChI=1S/C21H22N4O4/c1-13-10-16(26)19-14(2)15(20(28)29-17(19)11-13)12-18(27)24-6-8-25(9-7-24)21-22-4-3-5-23-21/h3-5,10-11,26H,6-9,12H2,1-2H3. The van der Waals surface area contributed by atoms with Crippen LogP contribution in [-0.4, -0.2) is 52.1 Å². The predicted octanol–water partition coefficient (Wildman–Crippen LogP) is 1.80. The van der Waals surface area contributed by atoms with Gasteiger partial charge in [-0.25, -0.2) is 14.8 Å². The van der Waals surface area contributed by atoms with Gasteiger partial charge in [-0.2, -0.15) is 0 Å². The molecular formula is C21H22N4O4. The maximum atomic E-state index is 12.8. The quantitative estimate of drug-likeness (QED) is 0.676. The van der Waals surface area contributed by atoms with Crippen molar-refractivity contribution in [2.75, 3.05) is 31.1 Å². The van der Waals surface area contributed by atoms with Gasteiger partial charge in [-0.1, -0.05) is 0 Å². The van der Waals surface area contributed by atoms with E-state index in [9.17, 15) is 14.7 Å². The smallest absolute Gasteiger partial charge is 0.340 e. The van der Waals surface area contributed by atoms with Crippen LogP contribution in [0.25, 0.3) is 11.0 Å². The van der Waals surface area contributed by atoms with E-state index in [1.54, 1.807) is 42.4 Å². The van der Waals surface area contributed by atoms with E-state index in [4.69, 9.17) is 4.42 Å². The van der Waals surface area contributed by atoms with E-state index >= 15 is 0 Å². The highest BCUT2D eigenvalue weighted by atomic mass is 16.4. The Labute approximate surface area is 167 Å². The number of hydrogen-bond donors (Lipinski definition) is 1. The zero-order valence-electron chi connectivity index (χ0n) is 16.4. The van der Waals surface area contributed by atoms with E-state index < -0.39 is 5.63 Å². The van der Waals surface area contributed by atoms with Crippen LogP contribution in [0.5, 0.6) is 5.75 Å². The first-order chi connectivity index (χ1) is 13.9. The van der Waals surface area contributed by atoms with Crippen LogP contribution in [0.1, 0.15) is 16.7 Å². The number of amides is 1. The highest BCUT2D eigenvalue weighted by molar-refractivity contribution is 5.89. The second-order valence-electron chi connectivity index (χ2n) is 7.24. The molecule has 4 rings (SSSR count). The van der Waals surface area contributed by atoms with Crippen molar-refractivity contribution in [3.63, 3.8) is 0 Å². The van der Waals surface area contributed by atoms with Crippen molar-refractivity contribution < 1.29 is 14.3 Å². The van der Waals surface area contributed by atoms with Gasteiger partial charge in [0.25, 0.3) is 0 Å². The fourth-order valence-electron chi connectivity index (χ4n) is 3.74. The Morgan fingerprint density at radius 3 is 2.52 bits per heavy atom. The normalized spacial score (nSPS) is 14.4. The fourth-order valence-corrected chi connectivity index (χ4v) is 3.74. The highest BCUT2D eigenvalue weighted by Crippen LogP contribution is 2.30. The number of benzene rings is 1. The minimum Gasteiger partial charge on any atom is -0.507 e. The molecule has 1 N–H and O–H groups in total. The van der Waals surface area contributed by atoms with Gasteiger partial charge in [0.1, 0.15) is 11.3 Å². The lowest BCUT2D eigenvalue weighted by Gasteiger charge is -2.34. The molecule has 3 aromatic rings. The Morgan fingerprint density at radius 2 is 1.83 bits per heavy atom. The Hall–Kier alpha value is -3.42. The lowest BCUT2D eigenvalue weighted by atomic mass is 10.0. The topological polar surface area (TPSA) is 99.8 Å². The van der Waals surface area contributed by atoms with Gasteiger partial charge in [-0.15, -0.1) is 0 Å². The molecule has 8 heteroatoms. The average Bonchev–Trinajstić information content (AvgIpc) is 2.71. The maximum Gasteiger partial charge on any atom is 0.340 e. The molecule has 1 aliphatic rings. The van der Waals surface area contributed by atoms with Crippen LogP contribution >= 0.6 is 0 Å². The lowest BCUT2D eigenvalue weighted by molar-refractivity contribution is -0.130. The van der Waals surface area contributed by atoms with Gasteiger partial charge in [0.2, 0.25) is 11.9 Å². The van der Waals surface area contributed by atoms with Crippen molar-refractivity contribution in [1.29, 1.82) is 0 Å². The Morgan fingerprint density at radius 1 is 1.14 bits per heavy atom. The number of hydrogen-bond acceptors (Lipinski definition) is 7. The van der Waals surface area contributed by atoms with E-state index in [0.717, 1.165) is 5.56 Å². The SMILES string of the molecule is Cc1cc(O)c2c(C)c(CC(=O)N3CCN(c4ncccn4)CC3)c(=O)oc2c1. The van der Waals surface area contributed by atoms with Crippen LogP contribution in [-0.2, 0) is 11.2 Å². The minimum absolute atomic E-state index is 0.0476. The number of aromatic hydroxyl groups is 1. The van der Waals surface area contributed by atoms with Crippen molar-refractivity contribution in [3.05, 3.63) is 57.7 Å². The maximum absolute atomic E-state index is 12.8. The third-order valence-electron chi connectivity index (χ3n) is 5.30. The third-order valence-corrected chi connectivity index (χ3v) is 5.30. The van der Waals surface area contributed by atoms with Gasteiger partial charge in [0, 0.05) is 38.6 Å². The number of phenols is 1. The minimum atomic E-state index is -0.537. The largest absolute Gasteiger partial charge is 0.507 e. The van der Waals surface area contributed by atoms with Gasteiger partial charge >= 0.3 is 5.63 Å². The number of carbonyl (C=O) groups is 1. The summed E-state index contributed by atoms with van der Waals surface area (Å²) < 4.78 is 5.39. The molecule has 29 heavy (non-hydrogen) atoms. The summed E-state index contributed by atoms with van der Waals surface area (Å²) in [6, 6.07) is 5.09. The van der Waals surface area contributed by atoms with E-state index in [2.05, 4.69) is 9.97 Å². The summed E-state index contributed by atoms with van der Waals surface area (Å²) in [5.41, 5.74) is 1.46. The second-order valence-corrected chi connectivity index (χ2v) is 7.24. The van der Waals surface area contributed by atoms with Crippen molar-refractivity contribution in [3.8, 4) is 5.75 Å². The summed E-state index contributed by atoms with van der Waals surface area (Å²) >= 11 is 0. The van der Waals surface area contributed by atoms with Crippen LogP contribution in [0.4, 0.5) is 5.95 Å². The number of nitrogens with zero attached hydrogens (tertiary/aromatic N) is 4. The molecule has 0 saturated carbocycles. The van der Waals surface area contributed by atoms with E-state index in [1.165, 1.54) is 0 Å². The molecule has 1 aromatic carbocycles. The number of rotatable bonds is 3. The Bertz CT molecular complexity index is 1120. The Balaban J connectivity index is 1.52. The number of aromatic nitrogens is 2. The summed E-state index contributed by atoms with van der Waals surface area (Å²) in [5, 5.41) is 10.8. The summed E-state index contributed by atoms with van der Waals surface area (Å²) in [5.74, 6) is 0.558. The molecule has 0 bridgehead atoms. The van der Waals surface area contributed by atoms with E-state index in [-0.39, 0.29) is 23.6 Å². The summed E-state index contributed by atoms with van der Waals surface area (Å²) in [4.78, 5) is 37.6. The van der Waals surface area contributed by atoms with Crippen molar-refractivity contribution in [1.82, 2.24) is 14.9 Å². The molecule has 1 fully saturated rings. The van der Waals surface area contributed by atoms with Crippen molar-refractivity contribution in [2.24, 2.45) is 0 Å². The molecule has 1 saturated heterocycles. The molecule has 3 heterocycles. The summed E-state index contributed by atoms with van der Waals surface area (Å²) in [6.45, 7) is 5.86. The van der Waals surface area contributed by atoms with Crippen molar-refractivity contribution >= 4 is 22.8 Å². The van der Waals surface area contributed by atoms with Crippen LogP contribution in [0, 0.1) is 13.8 Å². The van der Waals surface area contributed by atoms with Gasteiger partial charge < -0.3 is 19.3 Å². The molecule has 0 aliphatic carbocycles. The number of piperazine rings is 1. The van der Waals surface area contributed by atoms with Gasteiger partial charge in [-0.05, 0) is 43.2 Å². The number of anilines is 1. The first-order valence-electron chi connectivity index (χ1n) is 9.49. The molecule has 150 valence electrons. The monoisotopic (exact) mass is 394 g/mol. The molecule has 0 radical (unpaired) electrons. The number of carbonyl (C=O) groups excluding carboxylic acids is 1. The third kappa shape index (κ3) is 3.65. The van der Waals surface area contributed by atoms with Crippen LogP contribution in [0.3, 0.4) is 0 Å². The van der Waals surface area contributed by atoms with E-state index in [0.29, 0.717) is 48.7 Å².